The summed E-state index contributed by atoms with van der Waals surface area (Å²) in [4.78, 5) is 11.5. The van der Waals surface area contributed by atoms with E-state index in [2.05, 4.69) is 0 Å². The maximum Gasteiger partial charge on any atom is 0.340 e. The van der Waals surface area contributed by atoms with E-state index >= 15 is 0 Å². The zero-order chi connectivity index (χ0) is 9.07. The van der Waals surface area contributed by atoms with Crippen molar-refractivity contribution < 1.29 is 9.28 Å². The van der Waals surface area contributed by atoms with E-state index in [9.17, 15) is 4.79 Å². The Kier molecular flexibility index (Phi) is 3.46. The lowest BCUT2D eigenvalue weighted by Gasteiger charge is -2.20. The van der Waals surface area contributed by atoms with Crippen LogP contribution < -0.4 is 0 Å². The normalized spacial score (nSPS) is 13.4. The topological polar surface area (TPSA) is 17.1 Å². The minimum Gasteiger partial charge on any atom is -0.264 e. The molecule has 2 heteroatoms. The summed E-state index contributed by atoms with van der Waals surface area (Å²) in [5.74, 6) is 0.187. The van der Waals surface area contributed by atoms with E-state index in [1.807, 2.05) is 41.1 Å². The number of carbonyl (C=O) groups excluding carboxylic acids is 1. The summed E-state index contributed by atoms with van der Waals surface area (Å²) in [5, 5.41) is 0. The van der Waals surface area contributed by atoms with Gasteiger partial charge in [-0.2, -0.15) is 0 Å². The molecule has 0 saturated carbocycles. The van der Waals surface area contributed by atoms with Crippen LogP contribution in [0.5, 0.6) is 0 Å². The lowest BCUT2D eigenvalue weighted by molar-refractivity contribution is -0.789. The Morgan fingerprint density at radius 3 is 2.09 bits per heavy atom. The zero-order valence-corrected chi connectivity index (χ0v) is 8.14. The maximum absolute atomic E-state index is 11.5. The van der Waals surface area contributed by atoms with Gasteiger partial charge in [0.15, 0.2) is 0 Å². The van der Waals surface area contributed by atoms with E-state index < -0.39 is 0 Å². The summed E-state index contributed by atoms with van der Waals surface area (Å²) < 4.78 is 0.377. The van der Waals surface area contributed by atoms with Gasteiger partial charge >= 0.3 is 5.91 Å². The van der Waals surface area contributed by atoms with Gasteiger partial charge in [0.1, 0.15) is 0 Å². The van der Waals surface area contributed by atoms with Gasteiger partial charge in [0.2, 0.25) is 0 Å². The highest BCUT2D eigenvalue weighted by atomic mass is 16.2. The highest BCUT2D eigenvalue weighted by Gasteiger charge is 2.21. The molecule has 11 heavy (non-hydrogen) atoms. The van der Waals surface area contributed by atoms with Crippen LogP contribution in [0.3, 0.4) is 0 Å². The fourth-order valence-electron chi connectivity index (χ4n) is 0.923. The molecule has 0 aliphatic carbocycles. The monoisotopic (exact) mass is 156 g/mol. The van der Waals surface area contributed by atoms with Crippen LogP contribution in [0.2, 0.25) is 0 Å². The predicted molar refractivity (Wildman–Crippen MR) is 47.1 cm³/mol. The van der Waals surface area contributed by atoms with E-state index in [4.69, 9.17) is 0 Å². The Bertz CT molecular complexity index is 174. The van der Waals surface area contributed by atoms with Gasteiger partial charge in [0, 0.05) is 5.57 Å². The molecule has 2 nitrogen and oxygen atoms in total. The van der Waals surface area contributed by atoms with Crippen LogP contribution in [0.25, 0.3) is 0 Å². The molecule has 0 aromatic rings. The SMILES string of the molecule is CCC=C(C)C(=O)[N+](C)(C)C. The summed E-state index contributed by atoms with van der Waals surface area (Å²) in [7, 11) is 5.65. The number of allylic oxidation sites excluding steroid dienone is 1. The molecule has 1 amide bonds. The first kappa shape index (κ1) is 10.4. The van der Waals surface area contributed by atoms with Gasteiger partial charge in [0.25, 0.3) is 0 Å². The van der Waals surface area contributed by atoms with Crippen molar-refractivity contribution in [3.05, 3.63) is 11.6 Å². The zero-order valence-electron chi connectivity index (χ0n) is 8.14. The number of hydrogen-bond donors (Lipinski definition) is 0. The van der Waals surface area contributed by atoms with Crippen LogP contribution >= 0.6 is 0 Å². The molecule has 0 N–H and O–H groups in total. The molecule has 0 aromatic carbocycles. The summed E-state index contributed by atoms with van der Waals surface area (Å²) >= 11 is 0. The molecule has 64 valence electrons. The molecule has 0 bridgehead atoms. The largest absolute Gasteiger partial charge is 0.340 e. The number of nitrogens with zero attached hydrogens (tertiary/aromatic N) is 1. The molecule has 0 heterocycles. The second kappa shape index (κ2) is 3.67. The van der Waals surface area contributed by atoms with Gasteiger partial charge in [-0.3, -0.25) is 4.48 Å². The molecule has 0 aliphatic rings. The van der Waals surface area contributed by atoms with Gasteiger partial charge in [0.05, 0.1) is 21.1 Å². The van der Waals surface area contributed by atoms with Gasteiger partial charge in [-0.1, -0.05) is 13.0 Å². The van der Waals surface area contributed by atoms with Crippen LogP contribution in [-0.4, -0.2) is 31.5 Å². The van der Waals surface area contributed by atoms with Crippen molar-refractivity contribution >= 4 is 5.91 Å². The first-order valence-electron chi connectivity index (χ1n) is 3.92. The quantitative estimate of drug-likeness (QED) is 0.438. The Balaban J connectivity index is 4.39. The van der Waals surface area contributed by atoms with Gasteiger partial charge in [-0.15, -0.1) is 0 Å². The summed E-state index contributed by atoms with van der Waals surface area (Å²) in [6.45, 7) is 3.90. The smallest absolute Gasteiger partial charge is 0.264 e. The molecule has 0 aliphatic heterocycles. The van der Waals surface area contributed by atoms with Crippen molar-refractivity contribution in [2.24, 2.45) is 0 Å². The van der Waals surface area contributed by atoms with Crippen molar-refractivity contribution in [1.29, 1.82) is 0 Å². The Morgan fingerprint density at radius 1 is 1.36 bits per heavy atom. The number of quaternary nitrogens is 1. The van der Waals surface area contributed by atoms with Crippen molar-refractivity contribution in [3.63, 3.8) is 0 Å². The van der Waals surface area contributed by atoms with Crippen LogP contribution in [0, 0.1) is 0 Å². The Morgan fingerprint density at radius 2 is 1.82 bits per heavy atom. The third-order valence-electron chi connectivity index (χ3n) is 1.46. The van der Waals surface area contributed by atoms with E-state index in [0.29, 0.717) is 4.48 Å². The molecule has 0 saturated heterocycles. The molecule has 0 atom stereocenters. The lowest BCUT2D eigenvalue weighted by Crippen LogP contribution is -2.41. The molecule has 0 aromatic heterocycles. The van der Waals surface area contributed by atoms with Gasteiger partial charge in [-0.05, 0) is 13.3 Å². The molecular formula is C9H18NO+. The van der Waals surface area contributed by atoms with Crippen LogP contribution in [0.4, 0.5) is 0 Å². The molecule has 0 rings (SSSR count). The highest BCUT2D eigenvalue weighted by molar-refractivity contribution is 5.86. The first-order valence-corrected chi connectivity index (χ1v) is 3.92. The number of hydrogen-bond acceptors (Lipinski definition) is 1. The van der Waals surface area contributed by atoms with E-state index in [0.717, 1.165) is 12.0 Å². The van der Waals surface area contributed by atoms with Crippen molar-refractivity contribution in [1.82, 2.24) is 0 Å². The Labute approximate surface area is 69.1 Å². The number of amides is 1. The van der Waals surface area contributed by atoms with Crippen molar-refractivity contribution in [2.45, 2.75) is 20.3 Å². The second-order valence-electron chi connectivity index (χ2n) is 3.61. The fourth-order valence-corrected chi connectivity index (χ4v) is 0.923. The summed E-state index contributed by atoms with van der Waals surface area (Å²) in [5.41, 5.74) is 0.861. The van der Waals surface area contributed by atoms with Gasteiger partial charge < -0.3 is 0 Å². The summed E-state index contributed by atoms with van der Waals surface area (Å²) in [6.07, 6.45) is 2.89. The number of carbonyl (C=O) groups is 1. The average Bonchev–Trinajstić information content (AvgIpc) is 1.85. The number of rotatable bonds is 2. The number of likely N-dealkylation sites (N-methyl/N-ethyl adjacent to an activating group) is 1. The minimum absolute atomic E-state index is 0.187. The summed E-state index contributed by atoms with van der Waals surface area (Å²) in [6, 6.07) is 0. The lowest BCUT2D eigenvalue weighted by atomic mass is 10.2. The molecule has 0 spiro atoms. The molecule has 0 fully saturated rings. The highest BCUT2D eigenvalue weighted by Crippen LogP contribution is 2.04. The molecule has 0 radical (unpaired) electrons. The Hall–Kier alpha value is -0.630. The van der Waals surface area contributed by atoms with Crippen LogP contribution in [0.15, 0.2) is 11.6 Å². The average molecular weight is 156 g/mol. The maximum atomic E-state index is 11.5. The van der Waals surface area contributed by atoms with Crippen molar-refractivity contribution in [3.8, 4) is 0 Å². The van der Waals surface area contributed by atoms with Crippen LogP contribution in [0.1, 0.15) is 20.3 Å². The van der Waals surface area contributed by atoms with E-state index in [1.165, 1.54) is 0 Å². The third-order valence-corrected chi connectivity index (χ3v) is 1.46. The fraction of sp³-hybridized carbons (Fsp3) is 0.667. The predicted octanol–water partition coefficient (Wildman–Crippen LogP) is 1.58. The molecule has 0 unspecified atom stereocenters. The second-order valence-corrected chi connectivity index (χ2v) is 3.61. The third kappa shape index (κ3) is 3.33. The van der Waals surface area contributed by atoms with Crippen LogP contribution in [-0.2, 0) is 4.79 Å². The first-order chi connectivity index (χ1) is 4.89. The van der Waals surface area contributed by atoms with Gasteiger partial charge in [-0.25, -0.2) is 4.79 Å². The van der Waals surface area contributed by atoms with E-state index in [1.54, 1.807) is 0 Å². The molecular weight excluding hydrogens is 138 g/mol. The van der Waals surface area contributed by atoms with E-state index in [-0.39, 0.29) is 5.91 Å². The van der Waals surface area contributed by atoms with Crippen molar-refractivity contribution in [2.75, 3.05) is 21.1 Å². The minimum atomic E-state index is 0.187. The standard InChI is InChI=1S/C9H18NO/c1-6-7-8(2)9(11)10(3,4)5/h7H,6H2,1-5H3/q+1.